The summed E-state index contributed by atoms with van der Waals surface area (Å²) >= 11 is 1.51. The smallest absolute Gasteiger partial charge is 0.326 e. The number of hydrogen-bond acceptors (Lipinski definition) is 4. The van der Waals surface area contributed by atoms with Gasteiger partial charge in [0.25, 0.3) is 0 Å². The predicted octanol–water partition coefficient (Wildman–Crippen LogP) is 1.06. The lowest BCUT2D eigenvalue weighted by molar-refractivity contribution is -0.142. The fraction of sp³-hybridized carbons (Fsp3) is 0.438. The van der Waals surface area contributed by atoms with Crippen LogP contribution >= 0.6 is 11.8 Å². The Balaban J connectivity index is 2.77. The monoisotopic (exact) mass is 338 g/mol. The molecule has 1 aromatic rings. The van der Waals surface area contributed by atoms with Gasteiger partial charge in [0.1, 0.15) is 12.1 Å². The maximum absolute atomic E-state index is 12.4. The fourth-order valence-corrected chi connectivity index (χ4v) is 2.54. The summed E-state index contributed by atoms with van der Waals surface area (Å²) in [5.74, 6) is -1.27. The van der Waals surface area contributed by atoms with Gasteiger partial charge in [-0.3, -0.25) is 9.59 Å². The summed E-state index contributed by atoms with van der Waals surface area (Å²) in [4.78, 5) is 34.9. The first-order valence-corrected chi connectivity index (χ1v) is 8.66. The summed E-state index contributed by atoms with van der Waals surface area (Å²) in [6.07, 6.45) is 2.51. The second-order valence-electron chi connectivity index (χ2n) is 5.12. The second kappa shape index (κ2) is 9.89. The van der Waals surface area contributed by atoms with Crippen LogP contribution in [0.5, 0.6) is 0 Å². The Morgan fingerprint density at radius 2 is 1.78 bits per heavy atom. The highest BCUT2D eigenvalue weighted by Gasteiger charge is 2.25. The molecule has 0 spiro atoms. The number of benzene rings is 1. The average Bonchev–Trinajstić information content (AvgIpc) is 2.50. The summed E-state index contributed by atoms with van der Waals surface area (Å²) in [5, 5.41) is 14.3. The highest BCUT2D eigenvalue weighted by Crippen LogP contribution is 2.06. The number of nitrogens with one attached hydrogen (secondary N) is 2. The lowest BCUT2D eigenvalue weighted by Gasteiger charge is -2.21. The van der Waals surface area contributed by atoms with Gasteiger partial charge >= 0.3 is 5.97 Å². The molecular weight excluding hydrogens is 316 g/mol. The highest BCUT2D eigenvalue weighted by molar-refractivity contribution is 7.98. The Morgan fingerprint density at radius 3 is 2.30 bits per heavy atom. The van der Waals surface area contributed by atoms with Crippen LogP contribution in [-0.2, 0) is 20.8 Å². The molecule has 0 aliphatic heterocycles. The van der Waals surface area contributed by atoms with Gasteiger partial charge in [-0.05, 0) is 24.0 Å². The van der Waals surface area contributed by atoms with Crippen LogP contribution in [0.4, 0.5) is 0 Å². The molecule has 0 aliphatic rings. The van der Waals surface area contributed by atoms with Crippen molar-refractivity contribution in [3.8, 4) is 0 Å². The normalized spacial score (nSPS) is 13.0. The first-order chi connectivity index (χ1) is 10.9. The predicted molar refractivity (Wildman–Crippen MR) is 90.3 cm³/mol. The number of amides is 2. The number of rotatable bonds is 9. The van der Waals surface area contributed by atoms with E-state index in [2.05, 4.69) is 10.6 Å². The number of thioether (sulfide) groups is 1. The van der Waals surface area contributed by atoms with E-state index in [4.69, 9.17) is 0 Å². The molecule has 7 heteroatoms. The molecule has 23 heavy (non-hydrogen) atoms. The van der Waals surface area contributed by atoms with E-state index < -0.39 is 24.0 Å². The van der Waals surface area contributed by atoms with Gasteiger partial charge in [-0.25, -0.2) is 4.79 Å². The van der Waals surface area contributed by atoms with Crippen LogP contribution in [-0.4, -0.2) is 47.0 Å². The molecule has 6 nitrogen and oxygen atoms in total. The number of carboxylic acid groups (broad SMARTS) is 1. The first-order valence-electron chi connectivity index (χ1n) is 7.27. The zero-order valence-electron chi connectivity index (χ0n) is 13.2. The lowest BCUT2D eigenvalue weighted by atomic mass is 10.0. The van der Waals surface area contributed by atoms with Crippen LogP contribution < -0.4 is 10.6 Å². The average molecular weight is 338 g/mol. The van der Waals surface area contributed by atoms with Crippen molar-refractivity contribution in [1.29, 1.82) is 0 Å². The Labute approximate surface area is 140 Å². The van der Waals surface area contributed by atoms with E-state index in [9.17, 15) is 19.5 Å². The van der Waals surface area contributed by atoms with Gasteiger partial charge in [0.15, 0.2) is 0 Å². The van der Waals surface area contributed by atoms with E-state index in [0.29, 0.717) is 18.6 Å². The molecule has 0 unspecified atom stereocenters. The summed E-state index contributed by atoms with van der Waals surface area (Å²) < 4.78 is 0. The molecule has 1 aromatic carbocycles. The van der Waals surface area contributed by atoms with Crippen molar-refractivity contribution in [2.75, 3.05) is 12.0 Å². The van der Waals surface area contributed by atoms with Crippen molar-refractivity contribution in [2.24, 2.45) is 0 Å². The molecule has 0 saturated carbocycles. The molecular formula is C16H22N2O4S. The van der Waals surface area contributed by atoms with E-state index in [1.165, 1.54) is 18.7 Å². The van der Waals surface area contributed by atoms with Gasteiger partial charge < -0.3 is 15.7 Å². The molecule has 0 saturated heterocycles. The van der Waals surface area contributed by atoms with Gasteiger partial charge in [-0.2, -0.15) is 11.8 Å². The molecule has 2 amide bonds. The van der Waals surface area contributed by atoms with Crippen LogP contribution in [0.1, 0.15) is 18.9 Å². The van der Waals surface area contributed by atoms with E-state index in [0.717, 1.165) is 5.56 Å². The molecule has 0 fully saturated rings. The Kier molecular flexibility index (Phi) is 8.18. The van der Waals surface area contributed by atoms with E-state index >= 15 is 0 Å². The van der Waals surface area contributed by atoms with E-state index in [1.54, 1.807) is 0 Å². The molecule has 0 bridgehead atoms. The summed E-state index contributed by atoms with van der Waals surface area (Å²) in [5.41, 5.74) is 0.886. The van der Waals surface area contributed by atoms with Crippen LogP contribution in [0.25, 0.3) is 0 Å². The first kappa shape index (κ1) is 19.0. The fourth-order valence-electron chi connectivity index (χ4n) is 2.07. The third-order valence-corrected chi connectivity index (χ3v) is 3.85. The summed E-state index contributed by atoms with van der Waals surface area (Å²) in [6.45, 7) is 1.33. The van der Waals surface area contributed by atoms with Gasteiger partial charge in [-0.15, -0.1) is 0 Å². The topological polar surface area (TPSA) is 95.5 Å². The van der Waals surface area contributed by atoms with Gasteiger partial charge in [0.2, 0.25) is 11.8 Å². The third kappa shape index (κ3) is 7.19. The van der Waals surface area contributed by atoms with Crippen molar-refractivity contribution in [3.63, 3.8) is 0 Å². The van der Waals surface area contributed by atoms with Crippen molar-refractivity contribution in [1.82, 2.24) is 10.6 Å². The van der Waals surface area contributed by atoms with Crippen molar-refractivity contribution >= 4 is 29.5 Å². The van der Waals surface area contributed by atoms with Crippen molar-refractivity contribution in [3.05, 3.63) is 35.9 Å². The van der Waals surface area contributed by atoms with E-state index in [-0.39, 0.29) is 5.91 Å². The zero-order valence-corrected chi connectivity index (χ0v) is 14.1. The Morgan fingerprint density at radius 1 is 1.13 bits per heavy atom. The van der Waals surface area contributed by atoms with Gasteiger partial charge in [0, 0.05) is 13.3 Å². The van der Waals surface area contributed by atoms with Crippen molar-refractivity contribution in [2.45, 2.75) is 31.8 Å². The number of carboxylic acids is 1. The summed E-state index contributed by atoms with van der Waals surface area (Å²) in [7, 11) is 0. The molecule has 126 valence electrons. The highest BCUT2D eigenvalue weighted by atomic mass is 32.2. The van der Waals surface area contributed by atoms with Crippen LogP contribution in [0.2, 0.25) is 0 Å². The SMILES string of the molecule is CSCC[C@H](NC(=O)[C@@H](Cc1ccccc1)NC(C)=O)C(=O)O. The Hall–Kier alpha value is -2.02. The second-order valence-corrected chi connectivity index (χ2v) is 6.11. The molecule has 1 rings (SSSR count). The quantitative estimate of drug-likeness (QED) is 0.626. The molecule has 0 heterocycles. The lowest BCUT2D eigenvalue weighted by Crippen LogP contribution is -2.52. The van der Waals surface area contributed by atoms with Crippen LogP contribution in [0.3, 0.4) is 0 Å². The standard InChI is InChI=1S/C16H22N2O4S/c1-11(19)17-14(10-12-6-4-3-5-7-12)15(20)18-13(16(21)22)8-9-23-2/h3-7,13-14H,8-10H2,1-2H3,(H,17,19)(H,18,20)(H,21,22)/t13-,14+/m0/s1. The maximum Gasteiger partial charge on any atom is 0.326 e. The van der Waals surface area contributed by atoms with E-state index in [1.807, 2.05) is 36.6 Å². The molecule has 0 aliphatic carbocycles. The molecule has 0 aromatic heterocycles. The minimum atomic E-state index is -1.08. The van der Waals surface area contributed by atoms with Crippen LogP contribution in [0.15, 0.2) is 30.3 Å². The molecule has 0 radical (unpaired) electrons. The number of hydrogen-bond donors (Lipinski definition) is 3. The molecule has 2 atom stereocenters. The maximum atomic E-state index is 12.4. The molecule has 3 N–H and O–H groups in total. The van der Waals surface area contributed by atoms with Gasteiger partial charge in [-0.1, -0.05) is 30.3 Å². The third-order valence-electron chi connectivity index (χ3n) is 3.20. The Bertz CT molecular complexity index is 536. The number of carbonyl (C=O) groups excluding carboxylic acids is 2. The van der Waals surface area contributed by atoms with Crippen LogP contribution in [0, 0.1) is 0 Å². The minimum absolute atomic E-state index is 0.307. The number of carbonyl (C=O) groups is 3. The summed E-state index contributed by atoms with van der Waals surface area (Å²) in [6, 6.07) is 7.50. The number of aliphatic carboxylic acids is 1. The minimum Gasteiger partial charge on any atom is -0.480 e. The van der Waals surface area contributed by atoms with Crippen molar-refractivity contribution < 1.29 is 19.5 Å². The van der Waals surface area contributed by atoms with Gasteiger partial charge in [0.05, 0.1) is 0 Å². The zero-order chi connectivity index (χ0) is 17.2. The largest absolute Gasteiger partial charge is 0.480 e.